The Morgan fingerprint density at radius 2 is 2.00 bits per heavy atom. The fourth-order valence-corrected chi connectivity index (χ4v) is 4.70. The average molecular weight is 525 g/mol. The molecule has 1 aromatic carbocycles. The van der Waals surface area contributed by atoms with Crippen LogP contribution in [0.5, 0.6) is 5.88 Å². The number of alkyl halides is 3. The Labute approximate surface area is 209 Å². The topological polar surface area (TPSA) is 107 Å². The number of benzene rings is 1. The number of aromatic nitrogens is 2. The highest BCUT2D eigenvalue weighted by Gasteiger charge is 2.29. The van der Waals surface area contributed by atoms with Crippen LogP contribution in [0.2, 0.25) is 0 Å². The van der Waals surface area contributed by atoms with Crippen molar-refractivity contribution in [1.29, 1.82) is 0 Å². The normalized spacial score (nSPS) is 16.3. The van der Waals surface area contributed by atoms with Gasteiger partial charge in [0.05, 0.1) is 0 Å². The van der Waals surface area contributed by atoms with Gasteiger partial charge in [0, 0.05) is 43.5 Å². The third-order valence-corrected chi connectivity index (χ3v) is 6.99. The molecule has 0 aliphatic carbocycles. The number of hydrogen-bond donors (Lipinski definition) is 2. The van der Waals surface area contributed by atoms with Gasteiger partial charge in [0.15, 0.2) is 17.3 Å². The van der Waals surface area contributed by atoms with Gasteiger partial charge in [0.25, 0.3) is 0 Å². The molecule has 0 saturated carbocycles. The van der Waals surface area contributed by atoms with Gasteiger partial charge in [-0.05, 0) is 49.9 Å². The van der Waals surface area contributed by atoms with Gasteiger partial charge in [-0.25, -0.2) is 4.98 Å². The predicted octanol–water partition coefficient (Wildman–Crippen LogP) is 4.49. The Bertz CT molecular complexity index is 1180. The first-order valence-corrected chi connectivity index (χ1v) is 12.4. The van der Waals surface area contributed by atoms with Gasteiger partial charge in [0.1, 0.15) is 17.0 Å². The number of pyridine rings is 1. The van der Waals surface area contributed by atoms with E-state index in [0.717, 1.165) is 24.1 Å². The number of aliphatic hydroxyl groups is 1. The van der Waals surface area contributed by atoms with Crippen LogP contribution in [-0.2, 0) is 29.9 Å². The minimum absolute atomic E-state index is 0.0371. The number of nitrogens with one attached hydrogen (secondary N) is 1. The molecule has 194 valence electrons. The number of hydrogen-bond acceptors (Lipinski definition) is 8. The van der Waals surface area contributed by atoms with E-state index < -0.39 is 29.7 Å². The second kappa shape index (κ2) is 10.3. The van der Waals surface area contributed by atoms with Gasteiger partial charge in [-0.1, -0.05) is 17.3 Å². The monoisotopic (exact) mass is 524 g/mol. The van der Waals surface area contributed by atoms with Gasteiger partial charge in [-0.15, -0.1) is 0 Å². The molecule has 36 heavy (non-hydrogen) atoms. The van der Waals surface area contributed by atoms with Crippen molar-refractivity contribution < 1.29 is 32.1 Å². The van der Waals surface area contributed by atoms with Crippen molar-refractivity contribution in [2.24, 2.45) is 0 Å². The lowest BCUT2D eigenvalue weighted by atomic mass is 9.97. The van der Waals surface area contributed by atoms with E-state index >= 15 is 0 Å². The van der Waals surface area contributed by atoms with E-state index in [1.165, 1.54) is 23.9 Å². The first kappa shape index (κ1) is 26.3. The molecule has 2 atom stereocenters. The molecule has 0 amide bonds. The summed E-state index contributed by atoms with van der Waals surface area (Å²) in [6, 6.07) is 10.3. The van der Waals surface area contributed by atoms with E-state index in [0.29, 0.717) is 11.4 Å². The second-order valence-corrected chi connectivity index (χ2v) is 10.4. The quantitative estimate of drug-likeness (QED) is 0.415. The zero-order chi connectivity index (χ0) is 26.1. The fourth-order valence-electron chi connectivity index (χ4n) is 3.86. The van der Waals surface area contributed by atoms with Crippen LogP contribution < -0.4 is 9.46 Å². The standard InChI is InChI=1S/C24H27F3N4O4S/c1-15(17-5-7-22(28-12-17)34-14-24(25,26)27)31-9-8-16-4-6-19(10-18(16)13-31)36(33)30-21-11-20(35-29-21)23(2,3)32/h4-7,10-12,15,32H,8-9,13-14H2,1-3H3,(H,29,30). The number of nitrogens with zero attached hydrogens (tertiary/aromatic N) is 3. The van der Waals surface area contributed by atoms with Crippen molar-refractivity contribution in [2.75, 3.05) is 17.9 Å². The highest BCUT2D eigenvalue weighted by atomic mass is 32.2. The molecule has 8 nitrogen and oxygen atoms in total. The van der Waals surface area contributed by atoms with Gasteiger partial charge in [-0.3, -0.25) is 4.90 Å². The highest BCUT2D eigenvalue weighted by Crippen LogP contribution is 2.30. The summed E-state index contributed by atoms with van der Waals surface area (Å²) in [6.07, 6.45) is -2.08. The molecule has 1 aliphatic rings. The second-order valence-electron chi connectivity index (χ2n) is 9.17. The predicted molar refractivity (Wildman–Crippen MR) is 127 cm³/mol. The van der Waals surface area contributed by atoms with Crippen molar-refractivity contribution in [3.63, 3.8) is 0 Å². The van der Waals surface area contributed by atoms with Gasteiger partial charge in [-0.2, -0.15) is 17.9 Å². The summed E-state index contributed by atoms with van der Waals surface area (Å²) >= 11 is -1.59. The number of anilines is 1. The lowest BCUT2D eigenvalue weighted by Gasteiger charge is -2.34. The summed E-state index contributed by atoms with van der Waals surface area (Å²) in [7, 11) is 0. The molecule has 0 fully saturated rings. The van der Waals surface area contributed by atoms with Crippen LogP contribution in [0, 0.1) is 0 Å². The summed E-state index contributed by atoms with van der Waals surface area (Å²) < 4.78 is 62.5. The summed E-state index contributed by atoms with van der Waals surface area (Å²) in [5.41, 5.74) is 1.86. The number of halogens is 3. The van der Waals surface area contributed by atoms with Crippen LogP contribution in [0.4, 0.5) is 19.0 Å². The molecule has 0 spiro atoms. The van der Waals surface area contributed by atoms with E-state index in [1.54, 1.807) is 19.9 Å². The minimum atomic E-state index is -4.42. The van der Waals surface area contributed by atoms with E-state index in [9.17, 15) is 22.8 Å². The van der Waals surface area contributed by atoms with E-state index in [-0.39, 0.29) is 23.5 Å². The molecule has 0 saturated heterocycles. The largest absolute Gasteiger partial charge is 0.588 e. The van der Waals surface area contributed by atoms with Crippen molar-refractivity contribution in [3.8, 4) is 5.88 Å². The minimum Gasteiger partial charge on any atom is -0.588 e. The first-order chi connectivity index (χ1) is 16.9. The summed E-state index contributed by atoms with van der Waals surface area (Å²) in [5.74, 6) is 0.439. The lowest BCUT2D eigenvalue weighted by molar-refractivity contribution is -0.154. The molecular weight excluding hydrogens is 497 g/mol. The maximum Gasteiger partial charge on any atom is 0.422 e. The van der Waals surface area contributed by atoms with E-state index in [4.69, 9.17) is 4.52 Å². The van der Waals surface area contributed by atoms with Crippen LogP contribution in [0.25, 0.3) is 0 Å². The molecular formula is C24H27F3N4O4S. The summed E-state index contributed by atoms with van der Waals surface area (Å²) in [5, 5.41) is 13.8. The van der Waals surface area contributed by atoms with E-state index in [1.807, 2.05) is 25.1 Å². The van der Waals surface area contributed by atoms with E-state index in [2.05, 4.69) is 24.5 Å². The van der Waals surface area contributed by atoms with Crippen molar-refractivity contribution in [3.05, 3.63) is 65.0 Å². The lowest BCUT2D eigenvalue weighted by Crippen LogP contribution is -2.33. The third kappa shape index (κ3) is 6.49. The molecule has 2 aromatic heterocycles. The van der Waals surface area contributed by atoms with Crippen molar-refractivity contribution >= 4 is 17.2 Å². The Morgan fingerprint density at radius 1 is 1.22 bits per heavy atom. The number of ether oxygens (including phenoxy) is 1. The molecule has 1 aliphatic heterocycles. The van der Waals surface area contributed by atoms with Crippen LogP contribution >= 0.6 is 0 Å². The third-order valence-electron chi connectivity index (χ3n) is 5.92. The van der Waals surface area contributed by atoms with Crippen LogP contribution in [0.15, 0.2) is 52.0 Å². The molecule has 2 N–H and O–H groups in total. The van der Waals surface area contributed by atoms with Crippen LogP contribution in [0.3, 0.4) is 0 Å². The SMILES string of the molecule is CC(c1ccc(OCC(F)(F)F)nc1)N1CCc2ccc([S+]([O-])Nc3cc(C(C)(C)O)on3)cc2C1. The first-order valence-electron chi connectivity index (χ1n) is 11.3. The Balaban J connectivity index is 1.41. The number of rotatable bonds is 8. The molecule has 0 radical (unpaired) electrons. The van der Waals surface area contributed by atoms with Gasteiger partial charge in [0.2, 0.25) is 11.7 Å². The highest BCUT2D eigenvalue weighted by molar-refractivity contribution is 7.92. The summed E-state index contributed by atoms with van der Waals surface area (Å²) in [6.45, 7) is 5.16. The van der Waals surface area contributed by atoms with Crippen molar-refractivity contribution in [1.82, 2.24) is 15.0 Å². The molecule has 12 heteroatoms. The van der Waals surface area contributed by atoms with Gasteiger partial charge >= 0.3 is 6.18 Å². The molecule has 3 aromatic rings. The van der Waals surface area contributed by atoms with Crippen LogP contribution in [-0.4, -0.2) is 44.0 Å². The Hall–Kier alpha value is -2.80. The fraction of sp³-hybridized carbons (Fsp3) is 0.417. The summed E-state index contributed by atoms with van der Waals surface area (Å²) in [4.78, 5) is 6.81. The maximum absolute atomic E-state index is 12.9. The van der Waals surface area contributed by atoms with Gasteiger partial charge < -0.3 is 18.9 Å². The zero-order valence-electron chi connectivity index (χ0n) is 20.0. The Morgan fingerprint density at radius 3 is 2.64 bits per heavy atom. The molecule has 3 heterocycles. The zero-order valence-corrected chi connectivity index (χ0v) is 20.8. The maximum atomic E-state index is 12.9. The Kier molecular flexibility index (Phi) is 7.51. The smallest absolute Gasteiger partial charge is 0.422 e. The van der Waals surface area contributed by atoms with Crippen molar-refractivity contribution in [2.45, 2.75) is 56.5 Å². The average Bonchev–Trinajstić information content (AvgIpc) is 3.30. The molecule has 0 bridgehead atoms. The van der Waals surface area contributed by atoms with Crippen LogP contribution in [0.1, 0.15) is 49.3 Å². The number of fused-ring (bicyclic) bond motifs is 1. The molecule has 2 unspecified atom stereocenters. The molecule has 4 rings (SSSR count).